The van der Waals surface area contributed by atoms with Crippen LogP contribution in [0.2, 0.25) is 0 Å². The molecule has 2 unspecified atom stereocenters. The molecule has 14 heavy (non-hydrogen) atoms. The molecule has 0 bridgehead atoms. The summed E-state index contributed by atoms with van der Waals surface area (Å²) in [4.78, 5) is 13.4. The monoisotopic (exact) mass is 197 g/mol. The molecule has 1 fully saturated rings. The Morgan fingerprint density at radius 1 is 1.71 bits per heavy atom. The van der Waals surface area contributed by atoms with Crippen LogP contribution in [-0.2, 0) is 0 Å². The highest BCUT2D eigenvalue weighted by molar-refractivity contribution is 5.41. The molecule has 0 aromatic carbocycles. The minimum Gasteiger partial charge on any atom is -0.358 e. The van der Waals surface area contributed by atoms with Gasteiger partial charge in [-0.3, -0.25) is 0 Å². The molecule has 0 saturated heterocycles. The second kappa shape index (κ2) is 2.98. The predicted octanol–water partition coefficient (Wildman–Crippen LogP) is 0.943. The number of nitrogens with zero attached hydrogens (tertiary/aromatic N) is 2. The van der Waals surface area contributed by atoms with E-state index in [2.05, 4.69) is 4.98 Å². The molecule has 0 radical (unpaired) electrons. The summed E-state index contributed by atoms with van der Waals surface area (Å²) in [5.74, 6) is -1.25. The number of hydrogen-bond donors (Lipinski definition) is 1. The van der Waals surface area contributed by atoms with Crippen molar-refractivity contribution in [2.24, 2.45) is 5.73 Å². The van der Waals surface area contributed by atoms with Crippen molar-refractivity contribution in [3.05, 3.63) is 33.8 Å². The van der Waals surface area contributed by atoms with Crippen molar-refractivity contribution in [2.75, 3.05) is 0 Å². The van der Waals surface area contributed by atoms with Crippen LogP contribution in [0.5, 0.6) is 0 Å². The molecule has 1 aromatic rings. The molecule has 1 aliphatic carbocycles. The summed E-state index contributed by atoms with van der Waals surface area (Å²) in [6.45, 7) is 0. The van der Waals surface area contributed by atoms with E-state index in [1.165, 1.54) is 0 Å². The Hall–Kier alpha value is -1.56. The van der Waals surface area contributed by atoms with Gasteiger partial charge in [-0.15, -0.1) is 0 Å². The third kappa shape index (κ3) is 1.33. The highest BCUT2D eigenvalue weighted by atomic mass is 19.1. The van der Waals surface area contributed by atoms with E-state index in [1.807, 2.05) is 0 Å². The molecule has 5 nitrogen and oxygen atoms in total. The maximum Gasteiger partial charge on any atom is 0.369 e. The zero-order valence-corrected chi connectivity index (χ0v) is 7.18. The van der Waals surface area contributed by atoms with E-state index in [4.69, 9.17) is 5.73 Å². The average Bonchev–Trinajstić information content (AvgIpc) is 2.81. The number of pyridine rings is 1. The summed E-state index contributed by atoms with van der Waals surface area (Å²) in [6, 6.07) is 0.945. The molecular formula is C8H8FN3O2. The molecule has 74 valence electrons. The van der Waals surface area contributed by atoms with Crippen LogP contribution in [0.4, 0.5) is 10.2 Å². The van der Waals surface area contributed by atoms with Gasteiger partial charge in [0, 0.05) is 18.0 Å². The first-order chi connectivity index (χ1) is 6.61. The molecule has 0 aliphatic heterocycles. The van der Waals surface area contributed by atoms with Crippen molar-refractivity contribution in [1.82, 2.24) is 4.98 Å². The molecule has 1 heterocycles. The Morgan fingerprint density at radius 2 is 2.36 bits per heavy atom. The molecule has 1 aromatic heterocycles. The number of aromatic nitrogens is 1. The van der Waals surface area contributed by atoms with E-state index in [0.717, 1.165) is 12.3 Å². The number of nitro groups is 1. The van der Waals surface area contributed by atoms with Gasteiger partial charge in [0.15, 0.2) is 0 Å². The maximum absolute atomic E-state index is 13.3. The van der Waals surface area contributed by atoms with Gasteiger partial charge in [0.1, 0.15) is 12.0 Å². The van der Waals surface area contributed by atoms with Crippen LogP contribution in [0.15, 0.2) is 12.3 Å². The van der Waals surface area contributed by atoms with Gasteiger partial charge in [-0.05, 0) is 16.3 Å². The van der Waals surface area contributed by atoms with E-state index in [1.54, 1.807) is 0 Å². The first-order valence-electron chi connectivity index (χ1n) is 4.15. The van der Waals surface area contributed by atoms with Crippen LogP contribution in [-0.4, -0.2) is 15.9 Å². The normalized spacial score (nSPS) is 24.7. The van der Waals surface area contributed by atoms with Gasteiger partial charge in [0.05, 0.1) is 5.56 Å². The predicted molar refractivity (Wildman–Crippen MR) is 46.2 cm³/mol. The fourth-order valence-corrected chi connectivity index (χ4v) is 1.47. The smallest absolute Gasteiger partial charge is 0.358 e. The lowest BCUT2D eigenvalue weighted by Gasteiger charge is -2.01. The van der Waals surface area contributed by atoms with E-state index < -0.39 is 16.6 Å². The van der Waals surface area contributed by atoms with Crippen molar-refractivity contribution in [2.45, 2.75) is 18.4 Å². The molecule has 0 spiro atoms. The molecule has 2 atom stereocenters. The molecule has 1 saturated carbocycles. The molecule has 1 aliphatic rings. The lowest BCUT2D eigenvalue weighted by atomic mass is 10.1. The van der Waals surface area contributed by atoms with Gasteiger partial charge in [-0.2, -0.15) is 0 Å². The fourth-order valence-electron chi connectivity index (χ4n) is 1.47. The van der Waals surface area contributed by atoms with Gasteiger partial charge < -0.3 is 15.8 Å². The van der Waals surface area contributed by atoms with Crippen molar-refractivity contribution < 1.29 is 9.31 Å². The first kappa shape index (κ1) is 9.01. The molecule has 6 heteroatoms. The molecule has 2 rings (SSSR count). The summed E-state index contributed by atoms with van der Waals surface area (Å²) in [7, 11) is 0. The van der Waals surface area contributed by atoms with Crippen LogP contribution in [0.3, 0.4) is 0 Å². The van der Waals surface area contributed by atoms with Gasteiger partial charge in [-0.25, -0.2) is 4.39 Å². The minimum atomic E-state index is -0.677. The topological polar surface area (TPSA) is 82.0 Å². The second-order valence-corrected chi connectivity index (χ2v) is 3.29. The largest absolute Gasteiger partial charge is 0.369 e. The highest BCUT2D eigenvalue weighted by Gasteiger charge is 2.42. The minimum absolute atomic E-state index is 0.0463. The third-order valence-corrected chi connectivity index (χ3v) is 2.30. The lowest BCUT2D eigenvalue weighted by molar-refractivity contribution is -0.390. The van der Waals surface area contributed by atoms with Crippen LogP contribution >= 0.6 is 0 Å². The van der Waals surface area contributed by atoms with Crippen molar-refractivity contribution in [3.8, 4) is 0 Å². The fraction of sp³-hybridized carbons (Fsp3) is 0.375. The SMILES string of the molecule is NC1CC1c1c(F)ccnc1[N+](=O)[O-]. The van der Waals surface area contributed by atoms with E-state index in [9.17, 15) is 14.5 Å². The van der Waals surface area contributed by atoms with Crippen LogP contribution in [0.1, 0.15) is 17.9 Å². The highest BCUT2D eigenvalue weighted by Crippen LogP contribution is 2.43. The standard InChI is InChI=1S/C8H8FN3O2/c9-5-1-2-11-8(12(13)14)7(5)4-3-6(4)10/h1-2,4,6H,3,10H2. The summed E-state index contributed by atoms with van der Waals surface area (Å²) in [5, 5.41) is 10.5. The van der Waals surface area contributed by atoms with Crippen LogP contribution in [0.25, 0.3) is 0 Å². The zero-order valence-electron chi connectivity index (χ0n) is 7.18. The summed E-state index contributed by atoms with van der Waals surface area (Å²) >= 11 is 0. The Kier molecular flexibility index (Phi) is 1.92. The van der Waals surface area contributed by atoms with Crippen LogP contribution < -0.4 is 5.73 Å². The van der Waals surface area contributed by atoms with E-state index in [-0.39, 0.29) is 17.5 Å². The third-order valence-electron chi connectivity index (χ3n) is 2.30. The number of nitrogens with two attached hydrogens (primary N) is 1. The molecular weight excluding hydrogens is 189 g/mol. The van der Waals surface area contributed by atoms with Crippen molar-refractivity contribution in [3.63, 3.8) is 0 Å². The van der Waals surface area contributed by atoms with Crippen molar-refractivity contribution in [1.29, 1.82) is 0 Å². The second-order valence-electron chi connectivity index (χ2n) is 3.29. The first-order valence-corrected chi connectivity index (χ1v) is 4.15. The van der Waals surface area contributed by atoms with Gasteiger partial charge in [0.25, 0.3) is 0 Å². The Balaban J connectivity index is 2.49. The van der Waals surface area contributed by atoms with Crippen molar-refractivity contribution >= 4 is 5.82 Å². The van der Waals surface area contributed by atoms with Gasteiger partial charge in [-0.1, -0.05) is 0 Å². The molecule has 0 amide bonds. The summed E-state index contributed by atoms with van der Waals surface area (Å²) < 4.78 is 13.3. The molecule has 2 N–H and O–H groups in total. The number of hydrogen-bond acceptors (Lipinski definition) is 4. The number of rotatable bonds is 2. The van der Waals surface area contributed by atoms with Gasteiger partial charge >= 0.3 is 5.82 Å². The lowest BCUT2D eigenvalue weighted by Crippen LogP contribution is -2.06. The van der Waals surface area contributed by atoms with Crippen LogP contribution in [0, 0.1) is 15.9 Å². The number of halogens is 1. The summed E-state index contributed by atoms with van der Waals surface area (Å²) in [6.07, 6.45) is 1.67. The Morgan fingerprint density at radius 3 is 2.86 bits per heavy atom. The quantitative estimate of drug-likeness (QED) is 0.565. The summed E-state index contributed by atoms with van der Waals surface area (Å²) in [5.41, 5.74) is 5.57. The zero-order chi connectivity index (χ0) is 10.3. The Labute approximate surface area is 78.9 Å². The Bertz CT molecular complexity index is 396. The van der Waals surface area contributed by atoms with E-state index in [0.29, 0.717) is 6.42 Å². The van der Waals surface area contributed by atoms with Gasteiger partial charge in [0.2, 0.25) is 0 Å². The average molecular weight is 197 g/mol. The maximum atomic E-state index is 13.3. The van der Waals surface area contributed by atoms with E-state index >= 15 is 0 Å².